The summed E-state index contributed by atoms with van der Waals surface area (Å²) < 4.78 is 0. The normalized spacial score (nSPS) is 10.7. The maximum Gasteiger partial charge on any atom is 0.353 e. The molecule has 4 aromatic rings. The Labute approximate surface area is 179 Å². The Morgan fingerprint density at radius 3 is 2.45 bits per heavy atom. The zero-order chi connectivity index (χ0) is 21.6. The Balaban J connectivity index is 1.64. The first-order valence-corrected chi connectivity index (χ1v) is 10.1. The Hall–Kier alpha value is -4.07. The van der Waals surface area contributed by atoms with E-state index >= 15 is 0 Å². The molecular formula is C23H22N6O2. The van der Waals surface area contributed by atoms with Crippen molar-refractivity contribution in [2.45, 2.75) is 26.2 Å². The number of hydrogen-bond acceptors (Lipinski definition) is 7. The molecule has 156 valence electrons. The summed E-state index contributed by atoms with van der Waals surface area (Å²) in [6.45, 7) is 2.16. The van der Waals surface area contributed by atoms with E-state index in [2.05, 4.69) is 32.5 Å². The van der Waals surface area contributed by atoms with Gasteiger partial charge < -0.3 is 10.6 Å². The number of fused-ring (bicyclic) bond motifs is 1. The van der Waals surface area contributed by atoms with Gasteiger partial charge in [-0.15, -0.1) is 0 Å². The van der Waals surface area contributed by atoms with Crippen LogP contribution in [-0.4, -0.2) is 19.9 Å². The van der Waals surface area contributed by atoms with Crippen molar-refractivity contribution in [1.82, 2.24) is 15.0 Å². The molecule has 31 heavy (non-hydrogen) atoms. The maximum absolute atomic E-state index is 11.9. The number of nitrogens with zero attached hydrogens (tertiary/aromatic N) is 4. The number of rotatable bonds is 8. The van der Waals surface area contributed by atoms with Gasteiger partial charge in [-0.2, -0.15) is 0 Å². The van der Waals surface area contributed by atoms with E-state index in [1.54, 1.807) is 6.20 Å². The van der Waals surface area contributed by atoms with Crippen LogP contribution in [0.5, 0.6) is 0 Å². The first-order valence-electron chi connectivity index (χ1n) is 10.1. The van der Waals surface area contributed by atoms with Crippen molar-refractivity contribution in [2.75, 3.05) is 10.6 Å². The van der Waals surface area contributed by atoms with Crippen LogP contribution in [0.2, 0.25) is 0 Å². The lowest BCUT2D eigenvalue weighted by molar-refractivity contribution is -0.383. The number of hydrogen-bond donors (Lipinski definition) is 2. The van der Waals surface area contributed by atoms with Gasteiger partial charge in [-0.05, 0) is 54.8 Å². The highest BCUT2D eigenvalue weighted by atomic mass is 16.6. The predicted octanol–water partition coefficient (Wildman–Crippen LogP) is 5.76. The first-order chi connectivity index (χ1) is 15.2. The van der Waals surface area contributed by atoms with Crippen LogP contribution < -0.4 is 10.6 Å². The molecule has 0 atom stereocenters. The molecule has 0 aliphatic carbocycles. The molecule has 0 unspecified atom stereocenters. The van der Waals surface area contributed by atoms with Crippen LogP contribution in [0.1, 0.15) is 25.3 Å². The summed E-state index contributed by atoms with van der Waals surface area (Å²) in [6.07, 6.45) is 6.28. The smallest absolute Gasteiger partial charge is 0.334 e. The summed E-state index contributed by atoms with van der Waals surface area (Å²) >= 11 is 0. The molecule has 0 amide bonds. The topological polar surface area (TPSA) is 106 Å². The second kappa shape index (κ2) is 9.17. The van der Waals surface area contributed by atoms with E-state index in [1.807, 2.05) is 54.6 Å². The number of aryl methyl sites for hydroxylation is 1. The largest absolute Gasteiger partial charge is 0.353 e. The zero-order valence-corrected chi connectivity index (χ0v) is 17.1. The molecule has 0 spiro atoms. The Kier molecular flexibility index (Phi) is 5.98. The minimum Gasteiger partial charge on any atom is -0.334 e. The molecule has 2 aromatic heterocycles. The van der Waals surface area contributed by atoms with Gasteiger partial charge in [-0.25, -0.2) is 9.97 Å². The van der Waals surface area contributed by atoms with Gasteiger partial charge in [-0.3, -0.25) is 15.1 Å². The van der Waals surface area contributed by atoms with Crippen LogP contribution in [0.15, 0.2) is 67.1 Å². The zero-order valence-electron chi connectivity index (χ0n) is 17.1. The third-order valence-electron chi connectivity index (χ3n) is 4.94. The van der Waals surface area contributed by atoms with E-state index in [-0.39, 0.29) is 17.3 Å². The quantitative estimate of drug-likeness (QED) is 0.279. The monoisotopic (exact) mass is 414 g/mol. The molecule has 8 nitrogen and oxygen atoms in total. The van der Waals surface area contributed by atoms with E-state index in [0.717, 1.165) is 35.9 Å². The maximum atomic E-state index is 11.9. The number of unbranched alkanes of at least 4 members (excludes halogenated alkanes) is 1. The summed E-state index contributed by atoms with van der Waals surface area (Å²) in [5, 5.41) is 18.9. The molecular weight excluding hydrogens is 392 g/mol. The van der Waals surface area contributed by atoms with E-state index in [0.29, 0.717) is 5.69 Å². The van der Waals surface area contributed by atoms with Crippen LogP contribution in [-0.2, 0) is 6.42 Å². The predicted molar refractivity (Wildman–Crippen MR) is 122 cm³/mol. The summed E-state index contributed by atoms with van der Waals surface area (Å²) in [7, 11) is 0. The van der Waals surface area contributed by atoms with Crippen molar-refractivity contribution < 1.29 is 4.92 Å². The van der Waals surface area contributed by atoms with Gasteiger partial charge in [0.25, 0.3) is 0 Å². The highest BCUT2D eigenvalue weighted by Gasteiger charge is 2.23. The third-order valence-corrected chi connectivity index (χ3v) is 4.94. The van der Waals surface area contributed by atoms with Gasteiger partial charge >= 0.3 is 5.69 Å². The van der Waals surface area contributed by atoms with Crippen LogP contribution in [0.25, 0.3) is 10.9 Å². The Morgan fingerprint density at radius 2 is 1.71 bits per heavy atom. The van der Waals surface area contributed by atoms with Crippen LogP contribution in [0.3, 0.4) is 0 Å². The van der Waals surface area contributed by atoms with Crippen molar-refractivity contribution in [3.63, 3.8) is 0 Å². The lowest BCUT2D eigenvalue weighted by Gasteiger charge is -2.12. The van der Waals surface area contributed by atoms with Gasteiger partial charge in [0.2, 0.25) is 11.6 Å². The molecule has 0 bridgehead atoms. The second-order valence-corrected chi connectivity index (χ2v) is 7.10. The molecule has 2 heterocycles. The Bertz CT molecular complexity index is 1210. The van der Waals surface area contributed by atoms with E-state index in [4.69, 9.17) is 0 Å². The molecule has 0 aliphatic heterocycles. The molecule has 2 aromatic carbocycles. The minimum absolute atomic E-state index is 0.110. The molecule has 0 saturated carbocycles. The van der Waals surface area contributed by atoms with Crippen LogP contribution >= 0.6 is 0 Å². The number of nitro groups is 1. The van der Waals surface area contributed by atoms with E-state index < -0.39 is 4.92 Å². The summed E-state index contributed by atoms with van der Waals surface area (Å²) in [5.74, 6) is 0.237. The third kappa shape index (κ3) is 4.58. The lowest BCUT2D eigenvalue weighted by Crippen LogP contribution is -2.05. The molecule has 2 N–H and O–H groups in total. The summed E-state index contributed by atoms with van der Waals surface area (Å²) in [5.41, 5.74) is 3.20. The minimum atomic E-state index is -0.482. The number of aromatic nitrogens is 3. The van der Waals surface area contributed by atoms with Gasteiger partial charge in [0.15, 0.2) is 0 Å². The average Bonchev–Trinajstić information content (AvgIpc) is 2.79. The van der Waals surface area contributed by atoms with Crippen LogP contribution in [0.4, 0.5) is 28.7 Å². The molecule has 0 aliphatic rings. The average molecular weight is 414 g/mol. The van der Waals surface area contributed by atoms with E-state index in [9.17, 15) is 10.1 Å². The fourth-order valence-electron chi connectivity index (χ4n) is 3.35. The fraction of sp³-hybridized carbons (Fsp3) is 0.174. The Morgan fingerprint density at radius 1 is 0.935 bits per heavy atom. The number of benzene rings is 2. The van der Waals surface area contributed by atoms with Crippen molar-refractivity contribution in [2.24, 2.45) is 0 Å². The van der Waals surface area contributed by atoms with Gasteiger partial charge in [-0.1, -0.05) is 31.5 Å². The second-order valence-electron chi connectivity index (χ2n) is 7.10. The van der Waals surface area contributed by atoms with Crippen LogP contribution in [0, 0.1) is 10.1 Å². The molecule has 0 fully saturated rings. The number of anilines is 4. The first kappa shape index (κ1) is 20.2. The van der Waals surface area contributed by atoms with Crippen molar-refractivity contribution in [3.8, 4) is 0 Å². The summed E-state index contributed by atoms with van der Waals surface area (Å²) in [4.78, 5) is 24.0. The van der Waals surface area contributed by atoms with Gasteiger partial charge in [0.1, 0.15) is 6.33 Å². The molecule has 8 heteroatoms. The molecule has 0 saturated heterocycles. The standard InChI is InChI=1S/C23H22N6O2/c1-2-3-6-16-10-12-17(13-11-16)27-22-21(29(30)31)23(26-15-25-22)28-20-9-4-8-19-18(20)7-5-14-24-19/h4-5,7-15H,2-3,6H2,1H3,(H2,25,26,27,28). The number of pyridine rings is 1. The van der Waals surface area contributed by atoms with Gasteiger partial charge in [0.05, 0.1) is 10.4 Å². The van der Waals surface area contributed by atoms with Crippen molar-refractivity contribution >= 4 is 39.6 Å². The number of nitrogens with one attached hydrogen (secondary N) is 2. The van der Waals surface area contributed by atoms with Gasteiger partial charge in [0, 0.05) is 23.0 Å². The lowest BCUT2D eigenvalue weighted by atomic mass is 10.1. The SMILES string of the molecule is CCCCc1ccc(Nc2ncnc(Nc3cccc4ncccc34)c2[N+](=O)[O-])cc1. The molecule has 4 rings (SSSR count). The fourth-order valence-corrected chi connectivity index (χ4v) is 3.35. The summed E-state index contributed by atoms with van der Waals surface area (Å²) in [6, 6.07) is 17.1. The molecule has 0 radical (unpaired) electrons. The van der Waals surface area contributed by atoms with Crippen molar-refractivity contribution in [1.29, 1.82) is 0 Å². The highest BCUT2D eigenvalue weighted by Crippen LogP contribution is 2.34. The van der Waals surface area contributed by atoms with E-state index in [1.165, 1.54) is 11.9 Å². The van der Waals surface area contributed by atoms with Crippen molar-refractivity contribution in [3.05, 3.63) is 82.8 Å². The highest BCUT2D eigenvalue weighted by molar-refractivity contribution is 5.93.